The summed E-state index contributed by atoms with van der Waals surface area (Å²) in [7, 11) is 0. The van der Waals surface area contributed by atoms with E-state index in [1.54, 1.807) is 11.8 Å². The van der Waals surface area contributed by atoms with E-state index in [0.717, 1.165) is 41.7 Å². The van der Waals surface area contributed by atoms with Crippen molar-refractivity contribution < 1.29 is 0 Å². The van der Waals surface area contributed by atoms with Gasteiger partial charge in [-0.3, -0.25) is 0 Å². The first-order valence-corrected chi connectivity index (χ1v) is 9.02. The first kappa shape index (κ1) is 15.8. The summed E-state index contributed by atoms with van der Waals surface area (Å²) in [4.78, 5) is 0. The molecule has 0 spiro atoms. The molecule has 23 heavy (non-hydrogen) atoms. The second-order valence-corrected chi connectivity index (χ2v) is 6.47. The number of rotatable bonds is 7. The maximum Gasteiger partial charge on any atom is 0.191 e. The number of aromatic nitrogens is 3. The van der Waals surface area contributed by atoms with Gasteiger partial charge in [0.1, 0.15) is 0 Å². The fourth-order valence-corrected chi connectivity index (χ4v) is 3.48. The van der Waals surface area contributed by atoms with Crippen molar-refractivity contribution in [3.05, 3.63) is 66.2 Å². The van der Waals surface area contributed by atoms with Crippen LogP contribution >= 0.6 is 11.8 Å². The fourth-order valence-electron chi connectivity index (χ4n) is 2.53. The van der Waals surface area contributed by atoms with Gasteiger partial charge in [-0.05, 0) is 18.4 Å². The molecule has 0 saturated carbocycles. The number of benzene rings is 2. The normalized spacial score (nSPS) is 10.8. The fraction of sp³-hybridized carbons (Fsp3) is 0.263. The van der Waals surface area contributed by atoms with Crippen LogP contribution in [0.4, 0.5) is 0 Å². The zero-order valence-electron chi connectivity index (χ0n) is 13.4. The monoisotopic (exact) mass is 323 g/mol. The van der Waals surface area contributed by atoms with Crippen LogP contribution in [0, 0.1) is 0 Å². The summed E-state index contributed by atoms with van der Waals surface area (Å²) in [5.41, 5.74) is 2.49. The number of thioether (sulfide) groups is 1. The van der Waals surface area contributed by atoms with Gasteiger partial charge in [-0.25, -0.2) is 0 Å². The summed E-state index contributed by atoms with van der Waals surface area (Å²) in [6.45, 7) is 3.14. The van der Waals surface area contributed by atoms with Gasteiger partial charge in [0.25, 0.3) is 0 Å². The van der Waals surface area contributed by atoms with Crippen molar-refractivity contribution in [2.75, 3.05) is 5.75 Å². The minimum Gasteiger partial charge on any atom is -0.302 e. The summed E-state index contributed by atoms with van der Waals surface area (Å²) in [6, 6.07) is 20.9. The summed E-state index contributed by atoms with van der Waals surface area (Å²) in [6.07, 6.45) is 2.12. The topological polar surface area (TPSA) is 30.7 Å². The molecule has 0 N–H and O–H groups in total. The van der Waals surface area contributed by atoms with Crippen LogP contribution in [0.3, 0.4) is 0 Å². The Morgan fingerprint density at radius 1 is 0.913 bits per heavy atom. The minimum atomic E-state index is 0.949. The molecule has 3 rings (SSSR count). The van der Waals surface area contributed by atoms with Gasteiger partial charge in [0.2, 0.25) is 0 Å². The second-order valence-electron chi connectivity index (χ2n) is 5.41. The van der Waals surface area contributed by atoms with Crippen LogP contribution in [0.2, 0.25) is 0 Å². The maximum absolute atomic E-state index is 4.42. The van der Waals surface area contributed by atoms with Crippen molar-refractivity contribution in [1.29, 1.82) is 0 Å². The van der Waals surface area contributed by atoms with E-state index in [-0.39, 0.29) is 0 Å². The number of hydrogen-bond donors (Lipinski definition) is 0. The highest BCUT2D eigenvalue weighted by Crippen LogP contribution is 2.24. The molecule has 0 aliphatic rings. The summed E-state index contributed by atoms with van der Waals surface area (Å²) >= 11 is 1.79. The Hall–Kier alpha value is -2.07. The van der Waals surface area contributed by atoms with Crippen molar-refractivity contribution >= 4 is 11.8 Å². The molecular weight excluding hydrogens is 302 g/mol. The van der Waals surface area contributed by atoms with Crippen molar-refractivity contribution in [3.8, 4) is 11.4 Å². The van der Waals surface area contributed by atoms with E-state index in [0.29, 0.717) is 0 Å². The molecule has 0 radical (unpaired) electrons. The average Bonchev–Trinajstić information content (AvgIpc) is 3.00. The average molecular weight is 323 g/mol. The highest BCUT2D eigenvalue weighted by Gasteiger charge is 2.13. The quantitative estimate of drug-likeness (QED) is 0.591. The van der Waals surface area contributed by atoms with Crippen molar-refractivity contribution in [2.45, 2.75) is 31.5 Å². The van der Waals surface area contributed by atoms with E-state index in [4.69, 9.17) is 0 Å². The van der Waals surface area contributed by atoms with Gasteiger partial charge in [-0.15, -0.1) is 10.2 Å². The highest BCUT2D eigenvalue weighted by molar-refractivity contribution is 7.99. The van der Waals surface area contributed by atoms with Crippen molar-refractivity contribution in [2.24, 2.45) is 0 Å². The number of hydrogen-bond acceptors (Lipinski definition) is 3. The van der Waals surface area contributed by atoms with Gasteiger partial charge in [-0.2, -0.15) is 0 Å². The Kier molecular flexibility index (Phi) is 5.48. The van der Waals surface area contributed by atoms with E-state index in [2.05, 4.69) is 64.2 Å². The van der Waals surface area contributed by atoms with Crippen molar-refractivity contribution in [1.82, 2.24) is 14.8 Å². The van der Waals surface area contributed by atoms with Crippen LogP contribution < -0.4 is 0 Å². The minimum absolute atomic E-state index is 0.949. The summed E-state index contributed by atoms with van der Waals surface area (Å²) < 4.78 is 2.24. The highest BCUT2D eigenvalue weighted by atomic mass is 32.2. The lowest BCUT2D eigenvalue weighted by molar-refractivity contribution is 0.626. The standard InChI is InChI=1S/C19H21N3S/c1-2-14-22-18(17-11-7-4-8-12-17)20-21-19(22)23-15-13-16-9-5-3-6-10-16/h3-12H,2,13-15H2,1H3. The molecule has 2 aromatic carbocycles. The molecule has 0 atom stereocenters. The first-order valence-electron chi connectivity index (χ1n) is 8.04. The molecule has 4 heteroatoms. The summed E-state index contributed by atoms with van der Waals surface area (Å²) in [5, 5.41) is 9.86. The molecule has 0 amide bonds. The largest absolute Gasteiger partial charge is 0.302 e. The van der Waals surface area contributed by atoms with Gasteiger partial charge in [0, 0.05) is 17.9 Å². The van der Waals surface area contributed by atoms with Gasteiger partial charge in [-0.1, -0.05) is 79.3 Å². The lowest BCUT2D eigenvalue weighted by atomic mass is 10.2. The third kappa shape index (κ3) is 4.02. The van der Waals surface area contributed by atoms with Crippen LogP contribution in [0.5, 0.6) is 0 Å². The Bertz CT molecular complexity index is 723. The van der Waals surface area contributed by atoms with E-state index >= 15 is 0 Å². The van der Waals surface area contributed by atoms with E-state index in [9.17, 15) is 0 Å². The molecule has 1 heterocycles. The number of nitrogens with zero attached hydrogens (tertiary/aromatic N) is 3. The van der Waals surface area contributed by atoms with Crippen LogP contribution in [-0.4, -0.2) is 20.5 Å². The molecular formula is C19H21N3S. The molecule has 0 unspecified atom stereocenters. The van der Waals surface area contributed by atoms with E-state index < -0.39 is 0 Å². The third-order valence-corrected chi connectivity index (χ3v) is 4.63. The smallest absolute Gasteiger partial charge is 0.191 e. The molecule has 1 aromatic heterocycles. The van der Waals surface area contributed by atoms with Crippen molar-refractivity contribution in [3.63, 3.8) is 0 Å². The van der Waals surface area contributed by atoms with Gasteiger partial charge in [0.15, 0.2) is 11.0 Å². The molecule has 3 nitrogen and oxygen atoms in total. The van der Waals surface area contributed by atoms with Crippen LogP contribution in [0.1, 0.15) is 18.9 Å². The van der Waals surface area contributed by atoms with Crippen LogP contribution in [0.25, 0.3) is 11.4 Å². The first-order chi connectivity index (χ1) is 11.4. The Morgan fingerprint density at radius 2 is 1.61 bits per heavy atom. The zero-order valence-corrected chi connectivity index (χ0v) is 14.2. The predicted octanol–water partition coefficient (Wildman–Crippen LogP) is 4.69. The van der Waals surface area contributed by atoms with Gasteiger partial charge < -0.3 is 4.57 Å². The maximum atomic E-state index is 4.42. The lowest BCUT2D eigenvalue weighted by Gasteiger charge is -2.08. The van der Waals surface area contributed by atoms with E-state index in [1.165, 1.54) is 5.56 Å². The van der Waals surface area contributed by atoms with Gasteiger partial charge >= 0.3 is 0 Å². The van der Waals surface area contributed by atoms with E-state index in [1.807, 2.05) is 18.2 Å². The molecule has 0 aliphatic carbocycles. The van der Waals surface area contributed by atoms with Crippen LogP contribution in [0.15, 0.2) is 65.8 Å². The molecule has 3 aromatic rings. The Morgan fingerprint density at radius 3 is 2.30 bits per heavy atom. The molecule has 0 aliphatic heterocycles. The Labute approximate surface area is 141 Å². The number of aryl methyl sites for hydroxylation is 1. The molecule has 0 bridgehead atoms. The summed E-state index contributed by atoms with van der Waals surface area (Å²) in [5.74, 6) is 1.98. The molecule has 0 saturated heterocycles. The van der Waals surface area contributed by atoms with Gasteiger partial charge in [0.05, 0.1) is 0 Å². The predicted molar refractivity (Wildman–Crippen MR) is 96.6 cm³/mol. The third-order valence-electron chi connectivity index (χ3n) is 3.66. The SMILES string of the molecule is CCCn1c(SCCc2ccccc2)nnc1-c1ccccc1. The van der Waals surface area contributed by atoms with Crippen LogP contribution in [-0.2, 0) is 13.0 Å². The lowest BCUT2D eigenvalue weighted by Crippen LogP contribution is -2.02. The zero-order chi connectivity index (χ0) is 15.9. The Balaban J connectivity index is 1.73. The molecule has 0 fully saturated rings. The molecule has 118 valence electrons. The second kappa shape index (κ2) is 7.97.